The number of rotatable bonds is 7. The third-order valence-corrected chi connectivity index (χ3v) is 4.38. The van der Waals surface area contributed by atoms with Gasteiger partial charge in [0, 0.05) is 48.7 Å². The van der Waals surface area contributed by atoms with Gasteiger partial charge in [0.2, 0.25) is 5.91 Å². The van der Waals surface area contributed by atoms with E-state index >= 15 is 0 Å². The lowest BCUT2D eigenvalue weighted by Gasteiger charge is -2.18. The van der Waals surface area contributed by atoms with Crippen LogP contribution in [0.5, 0.6) is 0 Å². The molecular weight excluding hydrogens is 465 g/mol. The van der Waals surface area contributed by atoms with Crippen LogP contribution in [-0.4, -0.2) is 43.0 Å². The standard InChI is InChI=1S/C21H33N5O.HI/c1-6-22-20(25-13-12-23-19(27)21(3,4)5)24-11-10-16-14-26-17-9-7-8-15(2)18(16)17;/h7-9,14,26H,6,10-13H2,1-5H3,(H,23,27)(H2,22,24,25);1H. The Kier molecular flexibility index (Phi) is 9.78. The molecule has 1 aromatic heterocycles. The highest BCUT2D eigenvalue weighted by atomic mass is 127. The Bertz CT molecular complexity index is 792. The number of guanidine groups is 1. The highest BCUT2D eigenvalue weighted by Crippen LogP contribution is 2.22. The zero-order valence-corrected chi connectivity index (χ0v) is 19.9. The molecule has 6 nitrogen and oxygen atoms in total. The number of halogens is 1. The molecule has 156 valence electrons. The summed E-state index contributed by atoms with van der Waals surface area (Å²) in [5.41, 5.74) is 3.39. The van der Waals surface area contributed by atoms with E-state index in [1.807, 2.05) is 27.7 Å². The molecule has 0 saturated heterocycles. The van der Waals surface area contributed by atoms with Crippen molar-refractivity contribution in [1.82, 2.24) is 20.9 Å². The lowest BCUT2D eigenvalue weighted by Crippen LogP contribution is -2.43. The van der Waals surface area contributed by atoms with Crippen molar-refractivity contribution in [3.8, 4) is 0 Å². The summed E-state index contributed by atoms with van der Waals surface area (Å²) in [6.07, 6.45) is 2.96. The molecule has 0 aliphatic heterocycles. The molecule has 0 unspecified atom stereocenters. The second-order valence-electron chi connectivity index (χ2n) is 7.75. The summed E-state index contributed by atoms with van der Waals surface area (Å²) < 4.78 is 0. The topological polar surface area (TPSA) is 81.3 Å². The minimum absolute atomic E-state index is 0. The molecule has 4 N–H and O–H groups in total. The van der Waals surface area contributed by atoms with E-state index in [9.17, 15) is 4.79 Å². The van der Waals surface area contributed by atoms with Gasteiger partial charge in [0.25, 0.3) is 0 Å². The number of carbonyl (C=O) groups excluding carboxylic acids is 1. The summed E-state index contributed by atoms with van der Waals surface area (Å²) in [4.78, 5) is 19.9. The zero-order valence-electron chi connectivity index (χ0n) is 17.6. The number of aliphatic imine (C=N–C) groups is 1. The van der Waals surface area contributed by atoms with Crippen LogP contribution in [0.2, 0.25) is 0 Å². The quantitative estimate of drug-likeness (QED) is 0.204. The number of aryl methyl sites for hydroxylation is 1. The molecule has 28 heavy (non-hydrogen) atoms. The minimum atomic E-state index is -0.365. The molecule has 1 heterocycles. The molecule has 0 fully saturated rings. The average Bonchev–Trinajstić information content (AvgIpc) is 3.02. The van der Waals surface area contributed by atoms with Gasteiger partial charge in [-0.15, -0.1) is 24.0 Å². The summed E-state index contributed by atoms with van der Waals surface area (Å²) in [5.74, 6) is 0.833. The molecule has 7 heteroatoms. The predicted molar refractivity (Wildman–Crippen MR) is 129 cm³/mol. The number of benzene rings is 1. The first kappa shape index (κ1) is 24.3. The van der Waals surface area contributed by atoms with Crippen LogP contribution in [-0.2, 0) is 11.2 Å². The van der Waals surface area contributed by atoms with E-state index in [4.69, 9.17) is 0 Å². The van der Waals surface area contributed by atoms with Crippen LogP contribution in [0.3, 0.4) is 0 Å². The fraction of sp³-hybridized carbons (Fsp3) is 0.524. The first-order valence-electron chi connectivity index (χ1n) is 9.69. The maximum absolute atomic E-state index is 11.9. The van der Waals surface area contributed by atoms with Crippen molar-refractivity contribution >= 4 is 46.7 Å². The fourth-order valence-electron chi connectivity index (χ4n) is 2.90. The Hall–Kier alpha value is -1.77. The molecule has 0 aliphatic rings. The van der Waals surface area contributed by atoms with E-state index in [1.54, 1.807) is 0 Å². The third-order valence-electron chi connectivity index (χ3n) is 4.38. The molecule has 0 saturated carbocycles. The number of aromatic nitrogens is 1. The summed E-state index contributed by atoms with van der Waals surface area (Å²) in [6.45, 7) is 12.6. The van der Waals surface area contributed by atoms with Crippen LogP contribution < -0.4 is 16.0 Å². The van der Waals surface area contributed by atoms with Crippen molar-refractivity contribution in [1.29, 1.82) is 0 Å². The Morgan fingerprint density at radius 2 is 1.86 bits per heavy atom. The zero-order chi connectivity index (χ0) is 19.9. The smallest absolute Gasteiger partial charge is 0.225 e. The van der Waals surface area contributed by atoms with Crippen molar-refractivity contribution in [2.45, 2.75) is 41.0 Å². The SMILES string of the molecule is CCNC(=NCCc1c[nH]c2cccc(C)c12)NCCNC(=O)C(C)(C)C.I. The van der Waals surface area contributed by atoms with E-state index < -0.39 is 0 Å². The summed E-state index contributed by atoms with van der Waals surface area (Å²) >= 11 is 0. The highest BCUT2D eigenvalue weighted by molar-refractivity contribution is 14.0. The number of H-pyrrole nitrogens is 1. The van der Waals surface area contributed by atoms with Gasteiger partial charge in [0.15, 0.2) is 5.96 Å². The number of nitrogens with zero attached hydrogens (tertiary/aromatic N) is 1. The molecule has 2 aromatic rings. The number of hydrogen-bond donors (Lipinski definition) is 4. The molecule has 0 aliphatic carbocycles. The number of carbonyl (C=O) groups is 1. The largest absolute Gasteiger partial charge is 0.361 e. The number of nitrogens with one attached hydrogen (secondary N) is 4. The van der Waals surface area contributed by atoms with Crippen LogP contribution in [0.1, 0.15) is 38.8 Å². The van der Waals surface area contributed by atoms with Crippen molar-refractivity contribution in [2.24, 2.45) is 10.4 Å². The van der Waals surface area contributed by atoms with Crippen LogP contribution in [0.4, 0.5) is 0 Å². The Balaban J connectivity index is 0.00000392. The number of fused-ring (bicyclic) bond motifs is 1. The van der Waals surface area contributed by atoms with Gasteiger partial charge in [-0.3, -0.25) is 9.79 Å². The van der Waals surface area contributed by atoms with Crippen molar-refractivity contribution in [2.75, 3.05) is 26.2 Å². The van der Waals surface area contributed by atoms with Crippen molar-refractivity contribution in [3.05, 3.63) is 35.5 Å². The monoisotopic (exact) mass is 499 g/mol. The van der Waals surface area contributed by atoms with Gasteiger partial charge >= 0.3 is 0 Å². The summed E-state index contributed by atoms with van der Waals surface area (Å²) in [5, 5.41) is 10.8. The lowest BCUT2D eigenvalue weighted by atomic mass is 9.96. The van der Waals surface area contributed by atoms with Crippen LogP contribution in [0, 0.1) is 12.3 Å². The molecule has 1 aromatic carbocycles. The van der Waals surface area contributed by atoms with Gasteiger partial charge in [-0.2, -0.15) is 0 Å². The molecule has 1 amide bonds. The van der Waals surface area contributed by atoms with E-state index in [0.29, 0.717) is 19.6 Å². The normalized spacial score (nSPS) is 11.8. The molecular formula is C21H34IN5O. The first-order valence-corrected chi connectivity index (χ1v) is 9.69. The maximum atomic E-state index is 11.9. The van der Waals surface area contributed by atoms with Gasteiger partial charge in [-0.1, -0.05) is 32.9 Å². The Morgan fingerprint density at radius 3 is 2.54 bits per heavy atom. The second kappa shape index (κ2) is 11.3. The van der Waals surface area contributed by atoms with E-state index in [1.165, 1.54) is 22.0 Å². The van der Waals surface area contributed by atoms with Gasteiger partial charge in [-0.05, 0) is 37.5 Å². The number of aromatic amines is 1. The Morgan fingerprint density at radius 1 is 1.14 bits per heavy atom. The molecule has 0 bridgehead atoms. The van der Waals surface area contributed by atoms with Gasteiger partial charge < -0.3 is 20.9 Å². The van der Waals surface area contributed by atoms with E-state index in [-0.39, 0.29) is 35.3 Å². The van der Waals surface area contributed by atoms with Crippen LogP contribution in [0.25, 0.3) is 10.9 Å². The van der Waals surface area contributed by atoms with Gasteiger partial charge in [0.1, 0.15) is 0 Å². The van der Waals surface area contributed by atoms with Gasteiger partial charge in [0.05, 0.1) is 0 Å². The lowest BCUT2D eigenvalue weighted by molar-refractivity contribution is -0.128. The second-order valence-corrected chi connectivity index (χ2v) is 7.75. The average molecular weight is 499 g/mol. The summed E-state index contributed by atoms with van der Waals surface area (Å²) in [6, 6.07) is 6.31. The van der Waals surface area contributed by atoms with Crippen LogP contribution in [0.15, 0.2) is 29.4 Å². The number of hydrogen-bond acceptors (Lipinski definition) is 2. The highest BCUT2D eigenvalue weighted by Gasteiger charge is 2.20. The number of amides is 1. The van der Waals surface area contributed by atoms with Crippen molar-refractivity contribution in [3.63, 3.8) is 0 Å². The maximum Gasteiger partial charge on any atom is 0.225 e. The van der Waals surface area contributed by atoms with Gasteiger partial charge in [-0.25, -0.2) is 0 Å². The van der Waals surface area contributed by atoms with E-state index in [0.717, 1.165) is 18.9 Å². The van der Waals surface area contributed by atoms with E-state index in [2.05, 4.69) is 57.2 Å². The fourth-order valence-corrected chi connectivity index (χ4v) is 2.90. The minimum Gasteiger partial charge on any atom is -0.361 e. The molecule has 0 radical (unpaired) electrons. The predicted octanol–water partition coefficient (Wildman–Crippen LogP) is 3.35. The molecule has 0 atom stereocenters. The molecule has 0 spiro atoms. The van der Waals surface area contributed by atoms with Crippen LogP contribution >= 0.6 is 24.0 Å². The molecule has 2 rings (SSSR count). The van der Waals surface area contributed by atoms with Crippen molar-refractivity contribution < 1.29 is 4.79 Å². The Labute approximate surface area is 185 Å². The third kappa shape index (κ3) is 7.00. The summed E-state index contributed by atoms with van der Waals surface area (Å²) in [7, 11) is 0. The first-order chi connectivity index (χ1) is 12.8.